The molecule has 0 saturated heterocycles. The third kappa shape index (κ3) is 2.09. The summed E-state index contributed by atoms with van der Waals surface area (Å²) in [6, 6.07) is 4.31. The Balaban J connectivity index is 2.34. The topological polar surface area (TPSA) is 29.1 Å². The molecule has 84 valence electrons. The van der Waals surface area contributed by atoms with Crippen molar-refractivity contribution in [2.75, 3.05) is 0 Å². The number of allylic oxidation sites excluding steroid dienone is 2. The highest BCUT2D eigenvalue weighted by Gasteiger charge is 2.21. The van der Waals surface area contributed by atoms with Gasteiger partial charge >= 0.3 is 0 Å². The summed E-state index contributed by atoms with van der Waals surface area (Å²) in [5, 5.41) is 3.14. The van der Waals surface area contributed by atoms with Crippen LogP contribution >= 0.6 is 11.6 Å². The lowest BCUT2D eigenvalue weighted by molar-refractivity contribution is -0.118. The van der Waals surface area contributed by atoms with Crippen molar-refractivity contribution in [2.24, 2.45) is 0 Å². The summed E-state index contributed by atoms with van der Waals surface area (Å²) in [6.45, 7) is 1.47. The molecule has 0 spiro atoms. The van der Waals surface area contributed by atoms with E-state index in [2.05, 4.69) is 5.32 Å². The molecule has 1 aliphatic carbocycles. The van der Waals surface area contributed by atoms with E-state index in [0.29, 0.717) is 5.02 Å². The average molecular weight is 240 g/mol. The van der Waals surface area contributed by atoms with Crippen molar-refractivity contribution in [1.82, 2.24) is 5.32 Å². The zero-order valence-corrected chi connectivity index (χ0v) is 9.57. The Kier molecular flexibility index (Phi) is 2.97. The number of carbonyl (C=O) groups excluding carboxylic acids is 1. The predicted octanol–water partition coefficient (Wildman–Crippen LogP) is 3.12. The van der Waals surface area contributed by atoms with Crippen LogP contribution in [-0.2, 0) is 4.79 Å². The fraction of sp³-hybridized carbons (Fsp3) is 0.250. The van der Waals surface area contributed by atoms with Crippen LogP contribution in [0.5, 0.6) is 0 Å². The summed E-state index contributed by atoms with van der Waals surface area (Å²) >= 11 is 5.95. The molecule has 0 saturated carbocycles. The number of halogens is 2. The molecule has 0 aliphatic heterocycles. The highest BCUT2D eigenvalue weighted by atomic mass is 35.5. The Bertz CT molecular complexity index is 482. The maximum absolute atomic E-state index is 12.9. The fourth-order valence-electron chi connectivity index (χ4n) is 1.76. The molecule has 1 aromatic rings. The molecular formula is C12H11ClFNO. The van der Waals surface area contributed by atoms with E-state index < -0.39 is 0 Å². The molecule has 0 heterocycles. The van der Waals surface area contributed by atoms with Crippen molar-refractivity contribution in [3.8, 4) is 0 Å². The second kappa shape index (κ2) is 4.26. The Morgan fingerprint density at radius 3 is 2.69 bits per heavy atom. The van der Waals surface area contributed by atoms with Crippen molar-refractivity contribution in [3.05, 3.63) is 40.3 Å². The first-order valence-electron chi connectivity index (χ1n) is 5.03. The van der Waals surface area contributed by atoms with Crippen molar-refractivity contribution in [3.63, 3.8) is 0 Å². The van der Waals surface area contributed by atoms with Crippen LogP contribution in [0.4, 0.5) is 4.39 Å². The number of nitrogens with one attached hydrogen (secondary N) is 1. The molecule has 0 atom stereocenters. The zero-order chi connectivity index (χ0) is 11.7. The lowest BCUT2D eigenvalue weighted by atomic mass is 9.88. The van der Waals surface area contributed by atoms with Gasteiger partial charge in [-0.3, -0.25) is 4.79 Å². The normalized spacial score (nSPS) is 14.7. The van der Waals surface area contributed by atoms with Crippen LogP contribution in [0.3, 0.4) is 0 Å². The average Bonchev–Trinajstić information content (AvgIpc) is 2.17. The Morgan fingerprint density at radius 1 is 1.44 bits per heavy atom. The Morgan fingerprint density at radius 2 is 2.19 bits per heavy atom. The van der Waals surface area contributed by atoms with Gasteiger partial charge in [-0.25, -0.2) is 4.39 Å². The van der Waals surface area contributed by atoms with Gasteiger partial charge in [0, 0.05) is 12.6 Å². The number of amides is 1. The number of hydrogen-bond acceptors (Lipinski definition) is 1. The molecule has 0 aromatic heterocycles. The van der Waals surface area contributed by atoms with Gasteiger partial charge in [-0.2, -0.15) is 0 Å². The van der Waals surface area contributed by atoms with E-state index in [9.17, 15) is 9.18 Å². The van der Waals surface area contributed by atoms with Crippen molar-refractivity contribution in [1.29, 1.82) is 0 Å². The summed E-state index contributed by atoms with van der Waals surface area (Å²) in [5.41, 5.74) is 2.69. The number of benzene rings is 1. The van der Waals surface area contributed by atoms with E-state index >= 15 is 0 Å². The van der Waals surface area contributed by atoms with E-state index in [-0.39, 0.29) is 11.7 Å². The second-order valence-electron chi connectivity index (χ2n) is 3.76. The van der Waals surface area contributed by atoms with E-state index in [1.54, 1.807) is 6.07 Å². The van der Waals surface area contributed by atoms with Crippen molar-refractivity contribution < 1.29 is 9.18 Å². The molecule has 0 unspecified atom stereocenters. The fourth-order valence-corrected chi connectivity index (χ4v) is 2.04. The van der Waals surface area contributed by atoms with Crippen molar-refractivity contribution in [2.45, 2.75) is 19.8 Å². The van der Waals surface area contributed by atoms with Gasteiger partial charge in [0.1, 0.15) is 5.82 Å². The van der Waals surface area contributed by atoms with Crippen LogP contribution < -0.4 is 5.32 Å². The van der Waals surface area contributed by atoms with Crippen LogP contribution in [0.1, 0.15) is 25.3 Å². The smallest absolute Gasteiger partial charge is 0.221 e. The van der Waals surface area contributed by atoms with E-state index in [0.717, 1.165) is 29.7 Å². The van der Waals surface area contributed by atoms with E-state index in [1.807, 2.05) is 0 Å². The van der Waals surface area contributed by atoms with Crippen LogP contribution in [-0.4, -0.2) is 5.91 Å². The maximum atomic E-state index is 12.9. The number of carbonyl (C=O) groups is 1. The molecule has 4 heteroatoms. The molecular weight excluding hydrogens is 229 g/mol. The largest absolute Gasteiger partial charge is 0.330 e. The molecule has 1 amide bonds. The van der Waals surface area contributed by atoms with Crippen molar-refractivity contribution >= 4 is 23.1 Å². The van der Waals surface area contributed by atoms with Crippen LogP contribution in [0.2, 0.25) is 5.02 Å². The molecule has 1 N–H and O–H groups in total. The molecule has 2 nitrogen and oxygen atoms in total. The highest BCUT2D eigenvalue weighted by Crippen LogP contribution is 2.37. The molecule has 16 heavy (non-hydrogen) atoms. The minimum Gasteiger partial charge on any atom is -0.330 e. The number of hydrogen-bond donors (Lipinski definition) is 1. The van der Waals surface area contributed by atoms with Gasteiger partial charge in [0.2, 0.25) is 5.91 Å². The van der Waals surface area contributed by atoms with Crippen LogP contribution in [0.25, 0.3) is 5.57 Å². The molecule has 1 aliphatic rings. The van der Waals surface area contributed by atoms with E-state index in [4.69, 9.17) is 11.6 Å². The summed E-state index contributed by atoms with van der Waals surface area (Å²) in [6.07, 6.45) is 1.70. The monoisotopic (exact) mass is 239 g/mol. The summed E-state index contributed by atoms with van der Waals surface area (Å²) in [4.78, 5) is 10.9. The maximum Gasteiger partial charge on any atom is 0.221 e. The SMILES string of the molecule is CC(=O)NC1=C(c2ccc(F)cc2Cl)CC1. The van der Waals surface area contributed by atoms with Gasteiger partial charge < -0.3 is 5.32 Å². The van der Waals surface area contributed by atoms with Gasteiger partial charge in [-0.1, -0.05) is 17.7 Å². The zero-order valence-electron chi connectivity index (χ0n) is 8.81. The first-order valence-corrected chi connectivity index (χ1v) is 5.41. The third-order valence-corrected chi connectivity index (χ3v) is 2.89. The lowest BCUT2D eigenvalue weighted by Gasteiger charge is -2.25. The highest BCUT2D eigenvalue weighted by molar-refractivity contribution is 6.32. The number of rotatable bonds is 2. The second-order valence-corrected chi connectivity index (χ2v) is 4.17. The van der Waals surface area contributed by atoms with Gasteiger partial charge in [-0.15, -0.1) is 0 Å². The summed E-state index contributed by atoms with van der Waals surface area (Å²) in [5.74, 6) is -0.444. The standard InChI is InChI=1S/C12H11ClFNO/c1-7(16)15-12-5-4-10(12)9-3-2-8(14)6-11(9)13/h2-3,6H,4-5H2,1H3,(H,15,16). The van der Waals surface area contributed by atoms with Gasteiger partial charge in [0.15, 0.2) is 0 Å². The summed E-state index contributed by atoms with van der Waals surface area (Å²) < 4.78 is 12.9. The molecule has 1 aromatic carbocycles. The van der Waals surface area contributed by atoms with Crippen LogP contribution in [0, 0.1) is 5.82 Å². The summed E-state index contributed by atoms with van der Waals surface area (Å²) in [7, 11) is 0. The first-order chi connectivity index (χ1) is 7.58. The third-order valence-electron chi connectivity index (χ3n) is 2.57. The molecule has 0 radical (unpaired) electrons. The lowest BCUT2D eigenvalue weighted by Crippen LogP contribution is -2.24. The minimum absolute atomic E-state index is 0.0922. The molecule has 2 rings (SSSR count). The van der Waals surface area contributed by atoms with Gasteiger partial charge in [0.25, 0.3) is 0 Å². The molecule has 0 bridgehead atoms. The first kappa shape index (κ1) is 11.1. The van der Waals surface area contributed by atoms with E-state index in [1.165, 1.54) is 19.1 Å². The van der Waals surface area contributed by atoms with Crippen LogP contribution in [0.15, 0.2) is 23.9 Å². The quantitative estimate of drug-likeness (QED) is 0.844. The molecule has 0 fully saturated rings. The Labute approximate surface area is 98.1 Å². The minimum atomic E-state index is -0.352. The Hall–Kier alpha value is -1.35. The predicted molar refractivity (Wildman–Crippen MR) is 61.4 cm³/mol. The van der Waals surface area contributed by atoms with Gasteiger partial charge in [0.05, 0.1) is 5.02 Å². The van der Waals surface area contributed by atoms with Gasteiger partial charge in [-0.05, 0) is 36.1 Å².